The Bertz CT molecular complexity index is 1130. The van der Waals surface area contributed by atoms with E-state index in [1.165, 1.54) is 29.3 Å². The fourth-order valence-corrected chi connectivity index (χ4v) is 3.95. The van der Waals surface area contributed by atoms with Crippen LogP contribution in [0.3, 0.4) is 0 Å². The van der Waals surface area contributed by atoms with E-state index in [2.05, 4.69) is 15.6 Å². The molecule has 0 aliphatic rings. The summed E-state index contributed by atoms with van der Waals surface area (Å²) in [4.78, 5) is 42.9. The maximum Gasteiger partial charge on any atom is 0.262 e. The largest absolute Gasteiger partial charge is 0.495 e. The van der Waals surface area contributed by atoms with Crippen LogP contribution in [0.15, 0.2) is 35.4 Å². The number of nitrogens with zero attached hydrogens (tertiary/aromatic N) is 2. The van der Waals surface area contributed by atoms with Crippen molar-refractivity contribution < 1.29 is 14.3 Å². The minimum absolute atomic E-state index is 0.0181. The summed E-state index contributed by atoms with van der Waals surface area (Å²) in [6.45, 7) is 5.25. The summed E-state index contributed by atoms with van der Waals surface area (Å²) in [5.74, 6) is -0.0972. The summed E-state index contributed by atoms with van der Waals surface area (Å²) in [7, 11) is 1.51. The maximum absolute atomic E-state index is 12.9. The molecule has 2 N–H and O–H groups in total. The molecule has 29 heavy (non-hydrogen) atoms. The number of rotatable bonds is 6. The minimum Gasteiger partial charge on any atom is -0.495 e. The van der Waals surface area contributed by atoms with E-state index in [9.17, 15) is 14.4 Å². The van der Waals surface area contributed by atoms with Gasteiger partial charge in [-0.15, -0.1) is 11.3 Å². The number of fused-ring (bicyclic) bond motifs is 1. The zero-order chi connectivity index (χ0) is 21.1. The van der Waals surface area contributed by atoms with Gasteiger partial charge < -0.3 is 15.4 Å². The number of methoxy groups -OCH3 is 1. The molecular formula is C20H22N4O4S. The summed E-state index contributed by atoms with van der Waals surface area (Å²) >= 11 is 1.17. The van der Waals surface area contributed by atoms with Gasteiger partial charge in [-0.05, 0) is 38.5 Å². The number of hydrogen-bond acceptors (Lipinski definition) is 6. The van der Waals surface area contributed by atoms with Gasteiger partial charge in [0.05, 0.1) is 29.4 Å². The lowest BCUT2D eigenvalue weighted by atomic mass is 10.2. The van der Waals surface area contributed by atoms with Crippen molar-refractivity contribution in [3.05, 3.63) is 51.4 Å². The number of anilines is 1. The van der Waals surface area contributed by atoms with Gasteiger partial charge in [-0.2, -0.15) is 0 Å². The molecule has 0 fully saturated rings. The maximum atomic E-state index is 12.9. The van der Waals surface area contributed by atoms with Crippen LogP contribution in [0.25, 0.3) is 10.2 Å². The number of amides is 2. The second kappa shape index (κ2) is 8.44. The number of nitrogens with one attached hydrogen (secondary N) is 2. The molecule has 9 heteroatoms. The van der Waals surface area contributed by atoms with Crippen LogP contribution in [0.2, 0.25) is 0 Å². The van der Waals surface area contributed by atoms with Gasteiger partial charge in [0.25, 0.3) is 11.5 Å². The lowest BCUT2D eigenvalue weighted by Crippen LogP contribution is -2.30. The number of aryl methyl sites for hydroxylation is 1. The van der Waals surface area contributed by atoms with Crippen molar-refractivity contribution in [1.29, 1.82) is 0 Å². The molecule has 2 heterocycles. The Labute approximate surface area is 171 Å². The second-order valence-electron chi connectivity index (χ2n) is 6.79. The fourth-order valence-electron chi connectivity index (χ4n) is 2.91. The first-order valence-corrected chi connectivity index (χ1v) is 9.85. The number of carbonyl (C=O) groups excluding carboxylic acids is 2. The van der Waals surface area contributed by atoms with Crippen molar-refractivity contribution in [2.45, 2.75) is 33.4 Å². The van der Waals surface area contributed by atoms with Crippen LogP contribution in [0.5, 0.6) is 5.75 Å². The van der Waals surface area contributed by atoms with Crippen molar-refractivity contribution in [3.63, 3.8) is 0 Å². The molecule has 152 valence electrons. The monoisotopic (exact) mass is 414 g/mol. The average molecular weight is 414 g/mol. The Balaban J connectivity index is 1.88. The van der Waals surface area contributed by atoms with Crippen LogP contribution in [0.1, 0.15) is 29.1 Å². The third-order valence-electron chi connectivity index (χ3n) is 4.24. The molecule has 8 nitrogen and oxygen atoms in total. The van der Waals surface area contributed by atoms with Gasteiger partial charge >= 0.3 is 0 Å². The smallest absolute Gasteiger partial charge is 0.262 e. The van der Waals surface area contributed by atoms with Gasteiger partial charge in [0.2, 0.25) is 5.91 Å². The van der Waals surface area contributed by atoms with Crippen LogP contribution in [0.4, 0.5) is 5.69 Å². The highest BCUT2D eigenvalue weighted by molar-refractivity contribution is 7.20. The molecule has 0 aliphatic carbocycles. The van der Waals surface area contributed by atoms with Gasteiger partial charge in [-0.3, -0.25) is 19.0 Å². The summed E-state index contributed by atoms with van der Waals surface area (Å²) in [5, 5.41) is 5.91. The minimum atomic E-state index is -0.386. The molecule has 2 amide bonds. The third-order valence-corrected chi connectivity index (χ3v) is 5.44. The Morgan fingerprint density at radius 2 is 2.00 bits per heavy atom. The Kier molecular flexibility index (Phi) is 5.97. The Morgan fingerprint density at radius 1 is 1.28 bits per heavy atom. The number of para-hydroxylation sites is 2. The summed E-state index contributed by atoms with van der Waals surface area (Å²) in [5.41, 5.74) is 0.726. The highest BCUT2D eigenvalue weighted by atomic mass is 32.1. The summed E-state index contributed by atoms with van der Waals surface area (Å²) in [6, 6.07) is 6.99. The zero-order valence-electron chi connectivity index (χ0n) is 16.6. The van der Waals surface area contributed by atoms with E-state index < -0.39 is 0 Å². The highest BCUT2D eigenvalue weighted by Crippen LogP contribution is 2.27. The van der Waals surface area contributed by atoms with Crippen LogP contribution < -0.4 is 20.9 Å². The lowest BCUT2D eigenvalue weighted by molar-refractivity contribution is -0.116. The van der Waals surface area contributed by atoms with E-state index in [1.807, 2.05) is 13.8 Å². The molecule has 0 atom stereocenters. The molecule has 0 bridgehead atoms. The highest BCUT2D eigenvalue weighted by Gasteiger charge is 2.20. The average Bonchev–Trinajstić information content (AvgIpc) is 3.01. The lowest BCUT2D eigenvalue weighted by Gasteiger charge is -2.10. The van der Waals surface area contributed by atoms with E-state index in [4.69, 9.17) is 4.74 Å². The topological polar surface area (TPSA) is 102 Å². The first kappa shape index (κ1) is 20.5. The normalized spacial score (nSPS) is 10.9. The van der Waals surface area contributed by atoms with Crippen molar-refractivity contribution in [2.24, 2.45) is 0 Å². The number of thiophene rings is 1. The molecule has 1 aromatic carbocycles. The molecular weight excluding hydrogens is 392 g/mol. The number of hydrogen-bond donors (Lipinski definition) is 2. The van der Waals surface area contributed by atoms with Gasteiger partial charge in [0, 0.05) is 6.04 Å². The number of benzene rings is 1. The molecule has 0 unspecified atom stereocenters. The molecule has 0 aliphatic heterocycles. The zero-order valence-corrected chi connectivity index (χ0v) is 17.4. The van der Waals surface area contributed by atoms with Gasteiger partial charge in [-0.1, -0.05) is 12.1 Å². The van der Waals surface area contributed by atoms with Gasteiger partial charge in [-0.25, -0.2) is 4.98 Å². The molecule has 3 rings (SSSR count). The number of carbonyl (C=O) groups is 2. The quantitative estimate of drug-likeness (QED) is 0.645. The SMILES string of the molecule is COc1ccccc1NC(=O)Cn1cnc2sc(C(=O)NC(C)C)c(C)c2c1=O. The predicted molar refractivity (Wildman–Crippen MR) is 113 cm³/mol. The van der Waals surface area contributed by atoms with Crippen LogP contribution >= 0.6 is 11.3 Å². The molecule has 0 saturated heterocycles. The third kappa shape index (κ3) is 4.29. The van der Waals surface area contributed by atoms with Crippen molar-refractivity contribution in [3.8, 4) is 5.75 Å². The second-order valence-corrected chi connectivity index (χ2v) is 7.79. The van der Waals surface area contributed by atoms with E-state index in [1.54, 1.807) is 31.2 Å². The number of aromatic nitrogens is 2. The summed E-state index contributed by atoms with van der Waals surface area (Å²) < 4.78 is 6.45. The van der Waals surface area contributed by atoms with Gasteiger partial charge in [0.1, 0.15) is 17.1 Å². The number of ether oxygens (including phenoxy) is 1. The molecule has 0 spiro atoms. The first-order chi connectivity index (χ1) is 13.8. The summed E-state index contributed by atoms with van der Waals surface area (Å²) in [6.07, 6.45) is 1.33. The predicted octanol–water partition coefficient (Wildman–Crippen LogP) is 2.55. The fraction of sp³-hybridized carbons (Fsp3) is 0.300. The van der Waals surface area contributed by atoms with Crippen molar-refractivity contribution >= 4 is 39.1 Å². The van der Waals surface area contributed by atoms with Crippen molar-refractivity contribution in [2.75, 3.05) is 12.4 Å². The van der Waals surface area contributed by atoms with Crippen molar-refractivity contribution in [1.82, 2.24) is 14.9 Å². The van der Waals surface area contributed by atoms with E-state index in [-0.39, 0.29) is 30.0 Å². The standard InChI is InChI=1S/C20H22N4O4S/c1-11(2)22-18(26)17-12(3)16-19(29-17)21-10-24(20(16)27)9-15(25)23-13-7-5-6-8-14(13)28-4/h5-8,10-11H,9H2,1-4H3,(H,22,26)(H,23,25). The molecule has 0 saturated carbocycles. The van der Waals surface area contributed by atoms with E-state index in [0.29, 0.717) is 32.1 Å². The first-order valence-electron chi connectivity index (χ1n) is 9.04. The van der Waals surface area contributed by atoms with Crippen LogP contribution in [0, 0.1) is 6.92 Å². The van der Waals surface area contributed by atoms with Crippen LogP contribution in [-0.2, 0) is 11.3 Å². The van der Waals surface area contributed by atoms with Gasteiger partial charge in [0.15, 0.2) is 0 Å². The van der Waals surface area contributed by atoms with E-state index >= 15 is 0 Å². The Morgan fingerprint density at radius 3 is 2.69 bits per heavy atom. The molecule has 2 aromatic heterocycles. The molecule has 0 radical (unpaired) electrons. The molecule has 3 aromatic rings. The van der Waals surface area contributed by atoms with E-state index in [0.717, 1.165) is 0 Å². The van der Waals surface area contributed by atoms with Crippen LogP contribution in [-0.4, -0.2) is 34.5 Å². The Hall–Kier alpha value is -3.20.